The number of alkyl halides is 1. The maximum atomic E-state index is 14.5. The average Bonchev–Trinajstić information content (AvgIpc) is 2.94. The summed E-state index contributed by atoms with van der Waals surface area (Å²) in [5.74, 6) is -0.407. The molecule has 96 valence electrons. The highest BCUT2D eigenvalue weighted by atomic mass is 19.1. The smallest absolute Gasteiger partial charge is 0.269 e. The number of nitrogens with zero attached hydrogens (tertiary/aromatic N) is 3. The first-order chi connectivity index (χ1) is 9.17. The van der Waals surface area contributed by atoms with E-state index in [9.17, 15) is 8.78 Å². The molecule has 0 aliphatic heterocycles. The van der Waals surface area contributed by atoms with Crippen LogP contribution < -0.4 is 0 Å². The van der Waals surface area contributed by atoms with E-state index in [1.807, 2.05) is 0 Å². The summed E-state index contributed by atoms with van der Waals surface area (Å²) >= 11 is 0. The second-order valence-corrected chi connectivity index (χ2v) is 4.15. The van der Waals surface area contributed by atoms with Gasteiger partial charge >= 0.3 is 0 Å². The molecule has 0 N–H and O–H groups in total. The highest BCUT2D eigenvalue weighted by Crippen LogP contribution is 2.35. The second-order valence-electron chi connectivity index (χ2n) is 4.15. The van der Waals surface area contributed by atoms with Crippen LogP contribution in [-0.2, 0) is 5.67 Å². The van der Waals surface area contributed by atoms with Gasteiger partial charge in [-0.15, -0.1) is 0 Å². The molecule has 0 fully saturated rings. The van der Waals surface area contributed by atoms with Crippen molar-refractivity contribution in [1.82, 2.24) is 15.1 Å². The molecule has 0 radical (unpaired) electrons. The summed E-state index contributed by atoms with van der Waals surface area (Å²) in [6.07, 6.45) is 6.28. The van der Waals surface area contributed by atoms with Crippen LogP contribution in [-0.4, -0.2) is 15.1 Å². The number of aromatic nitrogens is 3. The maximum absolute atomic E-state index is 14.5. The van der Waals surface area contributed by atoms with Gasteiger partial charge in [-0.2, -0.15) is 4.98 Å². The molecular weight excluding hydrogens is 252 g/mol. The summed E-state index contributed by atoms with van der Waals surface area (Å²) in [6, 6.07) is 3.46. The molecule has 0 saturated heterocycles. The molecule has 2 aromatic heterocycles. The fourth-order valence-corrected chi connectivity index (χ4v) is 1.76. The van der Waals surface area contributed by atoms with Gasteiger partial charge in [-0.3, -0.25) is 4.98 Å². The Kier molecular flexibility index (Phi) is 2.70. The van der Waals surface area contributed by atoms with Crippen molar-refractivity contribution >= 4 is 0 Å². The van der Waals surface area contributed by atoms with Crippen molar-refractivity contribution in [3.8, 4) is 11.4 Å². The van der Waals surface area contributed by atoms with E-state index in [0.29, 0.717) is 5.56 Å². The average molecular weight is 261 g/mol. The minimum absolute atomic E-state index is 0.163. The van der Waals surface area contributed by atoms with Crippen LogP contribution in [0.5, 0.6) is 0 Å². The van der Waals surface area contributed by atoms with Crippen LogP contribution in [0.15, 0.2) is 53.1 Å². The van der Waals surface area contributed by atoms with E-state index in [-0.39, 0.29) is 18.1 Å². The molecule has 4 nitrogen and oxygen atoms in total. The largest absolute Gasteiger partial charge is 0.335 e. The van der Waals surface area contributed by atoms with Crippen molar-refractivity contribution in [3.63, 3.8) is 0 Å². The number of halogens is 2. The number of allylic oxidation sites excluding steroid dienone is 4. The SMILES string of the molecule is FC1=CCC(F)(c2nc(-c3cccnc3)no2)C=C1. The monoisotopic (exact) mass is 261 g/mol. The van der Waals surface area contributed by atoms with Gasteiger partial charge in [-0.1, -0.05) is 5.16 Å². The van der Waals surface area contributed by atoms with Gasteiger partial charge in [-0.05, 0) is 30.4 Å². The molecule has 1 unspecified atom stereocenters. The molecule has 6 heteroatoms. The van der Waals surface area contributed by atoms with Crippen molar-refractivity contribution in [3.05, 3.63) is 54.5 Å². The van der Waals surface area contributed by atoms with Crippen LogP contribution in [0.1, 0.15) is 12.3 Å². The van der Waals surface area contributed by atoms with E-state index in [1.54, 1.807) is 24.5 Å². The summed E-state index contributed by atoms with van der Waals surface area (Å²) in [7, 11) is 0. The van der Waals surface area contributed by atoms with Gasteiger partial charge in [0.25, 0.3) is 5.89 Å². The zero-order chi connectivity index (χ0) is 13.3. The predicted molar refractivity (Wildman–Crippen MR) is 63.3 cm³/mol. The minimum Gasteiger partial charge on any atom is -0.335 e. The van der Waals surface area contributed by atoms with Gasteiger partial charge in [0, 0.05) is 24.4 Å². The second kappa shape index (κ2) is 4.38. The lowest BCUT2D eigenvalue weighted by molar-refractivity contribution is 0.166. The van der Waals surface area contributed by atoms with Gasteiger partial charge in [-0.25, -0.2) is 8.78 Å². The zero-order valence-corrected chi connectivity index (χ0v) is 9.75. The van der Waals surface area contributed by atoms with Crippen LogP contribution in [0.3, 0.4) is 0 Å². The molecule has 19 heavy (non-hydrogen) atoms. The molecule has 1 aliphatic carbocycles. The van der Waals surface area contributed by atoms with Crippen molar-refractivity contribution in [2.24, 2.45) is 0 Å². The molecule has 0 bridgehead atoms. The van der Waals surface area contributed by atoms with Crippen LogP contribution in [0.2, 0.25) is 0 Å². The van der Waals surface area contributed by atoms with E-state index in [1.165, 1.54) is 0 Å². The number of hydrogen-bond acceptors (Lipinski definition) is 4. The van der Waals surface area contributed by atoms with Crippen molar-refractivity contribution in [1.29, 1.82) is 0 Å². The zero-order valence-electron chi connectivity index (χ0n) is 9.75. The lowest BCUT2D eigenvalue weighted by Gasteiger charge is -2.17. The van der Waals surface area contributed by atoms with E-state index >= 15 is 0 Å². The Morgan fingerprint density at radius 1 is 1.37 bits per heavy atom. The molecule has 0 aromatic carbocycles. The maximum Gasteiger partial charge on any atom is 0.269 e. The molecule has 0 spiro atoms. The third-order valence-electron chi connectivity index (χ3n) is 2.80. The van der Waals surface area contributed by atoms with E-state index < -0.39 is 11.5 Å². The summed E-state index contributed by atoms with van der Waals surface area (Å²) in [5.41, 5.74) is -1.33. The Bertz CT molecular complexity index is 651. The molecule has 1 aliphatic rings. The van der Waals surface area contributed by atoms with E-state index in [4.69, 9.17) is 4.52 Å². The Labute approximate surface area is 107 Å². The number of pyridine rings is 1. The van der Waals surface area contributed by atoms with Gasteiger partial charge in [0.1, 0.15) is 5.83 Å². The summed E-state index contributed by atoms with van der Waals surface area (Å²) in [4.78, 5) is 7.93. The van der Waals surface area contributed by atoms with Gasteiger partial charge in [0.05, 0.1) is 0 Å². The minimum atomic E-state index is -1.96. The Morgan fingerprint density at radius 3 is 2.95 bits per heavy atom. The first-order valence-electron chi connectivity index (χ1n) is 5.66. The molecular formula is C13H9F2N3O. The summed E-state index contributed by atoms with van der Waals surface area (Å²) in [5, 5.41) is 3.71. The van der Waals surface area contributed by atoms with Crippen molar-refractivity contribution < 1.29 is 13.3 Å². The van der Waals surface area contributed by atoms with Crippen LogP contribution in [0.4, 0.5) is 8.78 Å². The van der Waals surface area contributed by atoms with Gasteiger partial charge in [0.15, 0.2) is 0 Å². The van der Waals surface area contributed by atoms with Crippen molar-refractivity contribution in [2.45, 2.75) is 12.1 Å². The number of rotatable bonds is 2. The Morgan fingerprint density at radius 2 is 2.26 bits per heavy atom. The predicted octanol–water partition coefficient (Wildman–Crippen LogP) is 3.11. The third kappa shape index (κ3) is 2.16. The molecule has 0 saturated carbocycles. The Hall–Kier alpha value is -2.37. The standard InChI is InChI=1S/C13H9F2N3O/c14-10-3-5-13(15,6-4-10)12-17-11(18-19-12)9-2-1-7-16-8-9/h1-5,7-8H,6H2. The number of hydrogen-bond donors (Lipinski definition) is 0. The van der Waals surface area contributed by atoms with E-state index in [2.05, 4.69) is 15.1 Å². The first kappa shape index (κ1) is 11.7. The van der Waals surface area contributed by atoms with Gasteiger partial charge in [0.2, 0.25) is 11.5 Å². The van der Waals surface area contributed by atoms with Crippen LogP contribution in [0, 0.1) is 0 Å². The highest BCUT2D eigenvalue weighted by Gasteiger charge is 2.36. The fraction of sp³-hybridized carbons (Fsp3) is 0.154. The Balaban J connectivity index is 1.92. The summed E-state index contributed by atoms with van der Waals surface area (Å²) < 4.78 is 32.3. The van der Waals surface area contributed by atoms with Crippen molar-refractivity contribution in [2.75, 3.05) is 0 Å². The normalized spacial score (nSPS) is 22.3. The first-order valence-corrected chi connectivity index (χ1v) is 5.66. The topological polar surface area (TPSA) is 51.8 Å². The third-order valence-corrected chi connectivity index (χ3v) is 2.80. The quantitative estimate of drug-likeness (QED) is 0.833. The van der Waals surface area contributed by atoms with Gasteiger partial charge < -0.3 is 4.52 Å². The molecule has 1 atom stereocenters. The molecule has 3 rings (SSSR count). The van der Waals surface area contributed by atoms with E-state index in [0.717, 1.165) is 18.2 Å². The van der Waals surface area contributed by atoms with Crippen LogP contribution >= 0.6 is 0 Å². The molecule has 2 aromatic rings. The summed E-state index contributed by atoms with van der Waals surface area (Å²) in [6.45, 7) is 0. The lowest BCUT2D eigenvalue weighted by atomic mass is 9.97. The van der Waals surface area contributed by atoms with Crippen LogP contribution in [0.25, 0.3) is 11.4 Å². The molecule has 0 amide bonds. The highest BCUT2D eigenvalue weighted by molar-refractivity contribution is 5.52. The lowest BCUT2D eigenvalue weighted by Crippen LogP contribution is -2.18. The molecule has 2 heterocycles. The fourth-order valence-electron chi connectivity index (χ4n) is 1.76.